The second-order valence-electron chi connectivity index (χ2n) is 4.38. The van der Waals surface area contributed by atoms with Gasteiger partial charge >= 0.3 is 10.2 Å². The van der Waals surface area contributed by atoms with Crippen molar-refractivity contribution in [1.82, 2.24) is 0 Å². The molecule has 1 saturated heterocycles. The molecule has 0 spiro atoms. The Kier molecular flexibility index (Phi) is 4.04. The Morgan fingerprint density at radius 3 is 2.26 bits per heavy atom. The van der Waals surface area contributed by atoms with Crippen molar-refractivity contribution in [1.29, 1.82) is 0 Å². The van der Waals surface area contributed by atoms with Crippen LogP contribution in [0.3, 0.4) is 0 Å². The lowest BCUT2D eigenvalue weighted by Gasteiger charge is -2.20. The monoisotopic (exact) mass is 413 g/mol. The fourth-order valence-corrected chi connectivity index (χ4v) is 4.54. The summed E-state index contributed by atoms with van der Waals surface area (Å²) < 4.78 is 36.1. The van der Waals surface area contributed by atoms with E-state index in [9.17, 15) is 17.1 Å². The zero-order chi connectivity index (χ0) is 14.4. The molecule has 19 heavy (non-hydrogen) atoms. The van der Waals surface area contributed by atoms with E-state index >= 15 is 0 Å². The first-order chi connectivity index (χ1) is 8.70. The van der Waals surface area contributed by atoms with Gasteiger partial charge in [0.15, 0.2) is 0 Å². The van der Waals surface area contributed by atoms with Gasteiger partial charge < -0.3 is 4.90 Å². The van der Waals surface area contributed by atoms with Gasteiger partial charge in [-0.25, -0.2) is 0 Å². The van der Waals surface area contributed by atoms with E-state index in [1.165, 1.54) is 4.90 Å². The molecule has 0 bridgehead atoms. The molecule has 1 fully saturated rings. The van der Waals surface area contributed by atoms with Crippen molar-refractivity contribution >= 4 is 53.7 Å². The molecule has 1 aliphatic heterocycles. The number of rotatable bonds is 2. The molecule has 1 heterocycles. The van der Waals surface area contributed by atoms with E-state index in [0.717, 1.165) is 5.56 Å². The van der Waals surface area contributed by atoms with Gasteiger partial charge in [0.05, 0.1) is 5.69 Å². The van der Waals surface area contributed by atoms with Crippen LogP contribution < -0.4 is 4.90 Å². The predicted octanol–water partition coefficient (Wildman–Crippen LogP) is 2.92. The van der Waals surface area contributed by atoms with Gasteiger partial charge in [-0.2, -0.15) is 8.42 Å². The van der Waals surface area contributed by atoms with Gasteiger partial charge in [0.2, 0.25) is 5.91 Å². The van der Waals surface area contributed by atoms with Crippen molar-refractivity contribution < 1.29 is 17.1 Å². The van der Waals surface area contributed by atoms with Gasteiger partial charge in [0.25, 0.3) is 0 Å². The molecule has 2 rings (SSSR count). The quantitative estimate of drug-likeness (QED) is 0.699. The van der Waals surface area contributed by atoms with Crippen LogP contribution in [-0.4, -0.2) is 26.1 Å². The molecule has 0 saturated carbocycles. The summed E-state index contributed by atoms with van der Waals surface area (Å²) in [7, 11) is -4.70. The Labute approximate surface area is 127 Å². The van der Waals surface area contributed by atoms with Gasteiger partial charge in [0, 0.05) is 21.9 Å². The average Bonchev–Trinajstić information content (AvgIpc) is 2.59. The first-order valence-electron chi connectivity index (χ1n) is 5.39. The second kappa shape index (κ2) is 5.14. The summed E-state index contributed by atoms with van der Waals surface area (Å²) in [5.41, 5.74) is 1.51. The number of carbonyl (C=O) groups is 1. The van der Waals surface area contributed by atoms with Crippen molar-refractivity contribution in [3.05, 3.63) is 26.6 Å². The number of hydrogen-bond donors (Lipinski definition) is 0. The molecule has 0 N–H and O–H groups in total. The van der Waals surface area contributed by atoms with Crippen LogP contribution in [0.15, 0.2) is 21.1 Å². The maximum atomic E-state index is 13.0. The van der Waals surface area contributed by atoms with Crippen LogP contribution >= 0.6 is 31.9 Å². The van der Waals surface area contributed by atoms with Crippen LogP contribution in [0, 0.1) is 6.92 Å². The second-order valence-corrected chi connectivity index (χ2v) is 7.71. The molecule has 1 atom stereocenters. The maximum Gasteiger partial charge on any atom is 0.307 e. The van der Waals surface area contributed by atoms with E-state index in [-0.39, 0.29) is 13.0 Å². The highest BCUT2D eigenvalue weighted by Gasteiger charge is 2.40. The first kappa shape index (κ1) is 14.9. The summed E-state index contributed by atoms with van der Waals surface area (Å²) in [5.74, 6) is -0.406. The normalized spacial score (nSPS) is 20.1. The van der Waals surface area contributed by atoms with E-state index < -0.39 is 21.4 Å². The lowest BCUT2D eigenvalue weighted by molar-refractivity contribution is -0.117. The minimum atomic E-state index is -4.70. The maximum absolute atomic E-state index is 13.0. The van der Waals surface area contributed by atoms with E-state index in [1.54, 1.807) is 0 Å². The molecule has 1 aromatic carbocycles. The largest absolute Gasteiger partial charge is 0.309 e. The number of hydrogen-bond acceptors (Lipinski definition) is 3. The highest BCUT2D eigenvalue weighted by molar-refractivity contribution is 9.11. The van der Waals surface area contributed by atoms with Crippen LogP contribution in [0.5, 0.6) is 0 Å². The van der Waals surface area contributed by atoms with Crippen LogP contribution in [-0.2, 0) is 15.0 Å². The fraction of sp³-hybridized carbons (Fsp3) is 0.364. The molecule has 1 unspecified atom stereocenters. The minimum Gasteiger partial charge on any atom is -0.309 e. The summed E-state index contributed by atoms with van der Waals surface area (Å²) >= 11 is 6.68. The van der Waals surface area contributed by atoms with Crippen LogP contribution in [0.4, 0.5) is 9.57 Å². The van der Waals surface area contributed by atoms with Crippen molar-refractivity contribution in [2.45, 2.75) is 18.6 Å². The third-order valence-corrected chi connectivity index (χ3v) is 5.24. The Morgan fingerprint density at radius 2 is 1.84 bits per heavy atom. The number of nitrogens with zero attached hydrogens (tertiary/aromatic N) is 1. The van der Waals surface area contributed by atoms with Crippen LogP contribution in [0.25, 0.3) is 0 Å². The van der Waals surface area contributed by atoms with Crippen molar-refractivity contribution in [3.63, 3.8) is 0 Å². The molecule has 4 nitrogen and oxygen atoms in total. The van der Waals surface area contributed by atoms with Crippen LogP contribution in [0.2, 0.25) is 0 Å². The SMILES string of the molecule is Cc1cc(Br)c(N2CC(S(=O)(=O)F)CC2=O)c(Br)c1. The molecule has 1 amide bonds. The van der Waals surface area contributed by atoms with Crippen molar-refractivity contribution in [3.8, 4) is 0 Å². The molecule has 1 aliphatic rings. The number of anilines is 1. The summed E-state index contributed by atoms with van der Waals surface area (Å²) in [6, 6.07) is 3.62. The van der Waals surface area contributed by atoms with Crippen molar-refractivity contribution in [2.75, 3.05) is 11.4 Å². The molecular formula is C11H10Br2FNO3S. The third-order valence-electron chi connectivity index (χ3n) is 2.92. The van der Waals surface area contributed by atoms with E-state index in [0.29, 0.717) is 14.6 Å². The summed E-state index contributed by atoms with van der Waals surface area (Å²) in [4.78, 5) is 13.2. The average molecular weight is 415 g/mol. The third kappa shape index (κ3) is 3.00. The molecule has 1 aromatic rings. The van der Waals surface area contributed by atoms with E-state index in [2.05, 4.69) is 31.9 Å². The smallest absolute Gasteiger partial charge is 0.307 e. The fourth-order valence-electron chi connectivity index (χ4n) is 2.03. The number of aryl methyl sites for hydroxylation is 1. The number of halogens is 3. The van der Waals surface area contributed by atoms with Gasteiger partial charge in [-0.1, -0.05) is 0 Å². The van der Waals surface area contributed by atoms with Gasteiger partial charge in [-0.3, -0.25) is 4.79 Å². The molecular weight excluding hydrogens is 405 g/mol. The number of carbonyl (C=O) groups excluding carboxylic acids is 1. The number of benzene rings is 1. The highest BCUT2D eigenvalue weighted by atomic mass is 79.9. The lowest BCUT2D eigenvalue weighted by Crippen LogP contribution is -2.27. The number of amides is 1. The first-order valence-corrected chi connectivity index (χ1v) is 8.43. The standard InChI is InChI=1S/C11H10Br2FNO3S/c1-6-2-8(12)11(9(13)3-6)15-5-7(4-10(15)16)19(14,17)18/h2-3,7H,4-5H2,1H3. The predicted molar refractivity (Wildman–Crippen MR) is 77.4 cm³/mol. The van der Waals surface area contributed by atoms with Gasteiger partial charge in [-0.05, 0) is 56.5 Å². The van der Waals surface area contributed by atoms with Gasteiger partial charge in [-0.15, -0.1) is 3.89 Å². The summed E-state index contributed by atoms with van der Waals surface area (Å²) in [5, 5.41) is -1.29. The zero-order valence-electron chi connectivity index (χ0n) is 9.86. The highest BCUT2D eigenvalue weighted by Crippen LogP contribution is 2.38. The lowest BCUT2D eigenvalue weighted by atomic mass is 10.2. The summed E-state index contributed by atoms with van der Waals surface area (Å²) in [6.07, 6.45) is -0.328. The topological polar surface area (TPSA) is 54.5 Å². The zero-order valence-corrected chi connectivity index (χ0v) is 13.8. The Balaban J connectivity index is 2.42. The Morgan fingerprint density at radius 1 is 1.32 bits per heavy atom. The van der Waals surface area contributed by atoms with E-state index in [4.69, 9.17) is 0 Å². The molecule has 8 heteroatoms. The minimum absolute atomic E-state index is 0.169. The molecule has 0 aliphatic carbocycles. The molecule has 104 valence electrons. The van der Waals surface area contributed by atoms with Gasteiger partial charge in [0.1, 0.15) is 5.25 Å². The molecule has 0 aromatic heterocycles. The van der Waals surface area contributed by atoms with Crippen molar-refractivity contribution in [2.24, 2.45) is 0 Å². The Bertz CT molecular complexity index is 624. The van der Waals surface area contributed by atoms with E-state index in [1.807, 2.05) is 19.1 Å². The van der Waals surface area contributed by atoms with Crippen LogP contribution in [0.1, 0.15) is 12.0 Å². The molecule has 0 radical (unpaired) electrons. The summed E-state index contributed by atoms with van der Waals surface area (Å²) in [6.45, 7) is 1.72. The Hall–Kier alpha value is -0.470.